The molecular formula is C18H18ClFN2O3S. The highest BCUT2D eigenvalue weighted by atomic mass is 35.5. The highest BCUT2D eigenvalue weighted by molar-refractivity contribution is 7.88. The number of carbonyl (C=O) groups excluding carboxylic acids is 1. The van der Waals surface area contributed by atoms with Crippen LogP contribution in [0.5, 0.6) is 0 Å². The summed E-state index contributed by atoms with van der Waals surface area (Å²) in [6, 6.07) is 12.6. The van der Waals surface area contributed by atoms with Crippen molar-refractivity contribution in [2.75, 3.05) is 26.2 Å². The molecule has 0 spiro atoms. The van der Waals surface area contributed by atoms with E-state index < -0.39 is 15.8 Å². The number of halogens is 2. The number of hydrogen-bond acceptors (Lipinski definition) is 3. The predicted molar refractivity (Wildman–Crippen MR) is 98.0 cm³/mol. The minimum absolute atomic E-state index is 0.0501. The molecule has 26 heavy (non-hydrogen) atoms. The van der Waals surface area contributed by atoms with Crippen molar-refractivity contribution in [2.24, 2.45) is 0 Å². The molecule has 1 aliphatic heterocycles. The minimum atomic E-state index is -3.44. The lowest BCUT2D eigenvalue weighted by atomic mass is 10.2. The maximum absolute atomic E-state index is 13.1. The Morgan fingerprint density at radius 2 is 1.69 bits per heavy atom. The predicted octanol–water partition coefficient (Wildman–Crippen LogP) is 2.77. The third kappa shape index (κ3) is 4.23. The second-order valence-electron chi connectivity index (χ2n) is 6.06. The number of benzene rings is 2. The van der Waals surface area contributed by atoms with Crippen LogP contribution in [0.2, 0.25) is 5.02 Å². The molecule has 2 aromatic carbocycles. The first-order valence-corrected chi connectivity index (χ1v) is 10.1. The van der Waals surface area contributed by atoms with Crippen molar-refractivity contribution in [1.82, 2.24) is 9.21 Å². The third-order valence-corrected chi connectivity index (χ3v) is 6.44. The van der Waals surface area contributed by atoms with E-state index in [1.807, 2.05) is 6.07 Å². The number of amides is 1. The molecule has 0 saturated carbocycles. The lowest BCUT2D eigenvalue weighted by molar-refractivity contribution is 0.0698. The molecule has 138 valence electrons. The fourth-order valence-electron chi connectivity index (χ4n) is 2.88. The van der Waals surface area contributed by atoms with Crippen molar-refractivity contribution in [2.45, 2.75) is 5.75 Å². The van der Waals surface area contributed by atoms with E-state index >= 15 is 0 Å². The fourth-order valence-corrected chi connectivity index (χ4v) is 4.64. The van der Waals surface area contributed by atoms with Gasteiger partial charge in [0.2, 0.25) is 10.0 Å². The van der Waals surface area contributed by atoms with Gasteiger partial charge in [0.1, 0.15) is 5.82 Å². The number of carbonyl (C=O) groups is 1. The van der Waals surface area contributed by atoms with E-state index in [1.165, 1.54) is 21.3 Å². The fraction of sp³-hybridized carbons (Fsp3) is 0.278. The molecule has 0 radical (unpaired) electrons. The summed E-state index contributed by atoms with van der Waals surface area (Å²) in [5.74, 6) is -0.899. The van der Waals surface area contributed by atoms with E-state index in [0.717, 1.165) is 11.6 Å². The number of piperazine rings is 1. The lowest BCUT2D eigenvalue weighted by Gasteiger charge is -2.34. The first kappa shape index (κ1) is 18.8. The van der Waals surface area contributed by atoms with E-state index in [4.69, 9.17) is 11.6 Å². The third-order valence-electron chi connectivity index (χ3n) is 4.27. The van der Waals surface area contributed by atoms with Gasteiger partial charge in [-0.25, -0.2) is 12.8 Å². The molecule has 1 amide bonds. The second kappa shape index (κ2) is 7.73. The number of rotatable bonds is 4. The van der Waals surface area contributed by atoms with E-state index in [-0.39, 0.29) is 48.4 Å². The summed E-state index contributed by atoms with van der Waals surface area (Å²) < 4.78 is 39.6. The maximum Gasteiger partial charge on any atom is 0.255 e. The molecule has 0 bridgehead atoms. The summed E-state index contributed by atoms with van der Waals surface area (Å²) >= 11 is 5.94. The molecule has 2 aromatic rings. The summed E-state index contributed by atoms with van der Waals surface area (Å²) in [7, 11) is -3.44. The maximum atomic E-state index is 13.1. The topological polar surface area (TPSA) is 57.7 Å². The molecule has 1 heterocycles. The van der Waals surface area contributed by atoms with E-state index in [9.17, 15) is 17.6 Å². The Kier molecular flexibility index (Phi) is 5.60. The Labute approximate surface area is 157 Å². The molecule has 8 heteroatoms. The standard InChI is InChI=1S/C18H18ClFN2O3S/c19-17-12-15(20)6-7-16(17)18(23)21-8-10-22(11-9-21)26(24,25)13-14-4-2-1-3-5-14/h1-7,12H,8-11,13H2. The Morgan fingerprint density at radius 3 is 2.31 bits per heavy atom. The smallest absolute Gasteiger partial charge is 0.255 e. The second-order valence-corrected chi connectivity index (χ2v) is 8.43. The van der Waals surface area contributed by atoms with Crippen LogP contribution >= 0.6 is 11.6 Å². The molecule has 0 aromatic heterocycles. The summed E-state index contributed by atoms with van der Waals surface area (Å²) in [4.78, 5) is 14.1. The van der Waals surface area contributed by atoms with Crippen LogP contribution in [0.4, 0.5) is 4.39 Å². The van der Waals surface area contributed by atoms with Crippen LogP contribution in [0, 0.1) is 5.82 Å². The molecule has 0 aliphatic carbocycles. The van der Waals surface area contributed by atoms with Gasteiger partial charge in [-0.15, -0.1) is 0 Å². The molecule has 3 rings (SSSR count). The lowest BCUT2D eigenvalue weighted by Crippen LogP contribution is -2.50. The minimum Gasteiger partial charge on any atom is -0.336 e. The molecule has 1 fully saturated rings. The van der Waals surface area contributed by atoms with Crippen LogP contribution in [0.1, 0.15) is 15.9 Å². The van der Waals surface area contributed by atoms with Gasteiger partial charge in [0.25, 0.3) is 5.91 Å². The van der Waals surface area contributed by atoms with Gasteiger partial charge in [0.05, 0.1) is 16.3 Å². The summed E-state index contributed by atoms with van der Waals surface area (Å²) in [5.41, 5.74) is 0.942. The van der Waals surface area contributed by atoms with Gasteiger partial charge in [-0.05, 0) is 23.8 Å². The van der Waals surface area contributed by atoms with Crippen molar-refractivity contribution in [3.8, 4) is 0 Å². The van der Waals surface area contributed by atoms with Gasteiger partial charge < -0.3 is 4.90 Å². The van der Waals surface area contributed by atoms with Gasteiger partial charge in [-0.3, -0.25) is 4.79 Å². The van der Waals surface area contributed by atoms with E-state index in [2.05, 4.69) is 0 Å². The van der Waals surface area contributed by atoms with Crippen LogP contribution < -0.4 is 0 Å². The number of hydrogen-bond donors (Lipinski definition) is 0. The first-order valence-electron chi connectivity index (χ1n) is 8.13. The van der Waals surface area contributed by atoms with Crippen LogP contribution in [-0.2, 0) is 15.8 Å². The van der Waals surface area contributed by atoms with Crippen molar-refractivity contribution < 1.29 is 17.6 Å². The van der Waals surface area contributed by atoms with Crippen LogP contribution in [-0.4, -0.2) is 49.7 Å². The van der Waals surface area contributed by atoms with Crippen molar-refractivity contribution in [3.63, 3.8) is 0 Å². The van der Waals surface area contributed by atoms with Crippen molar-refractivity contribution in [1.29, 1.82) is 0 Å². The quantitative estimate of drug-likeness (QED) is 0.798. The average molecular weight is 397 g/mol. The summed E-state index contributed by atoms with van der Waals surface area (Å²) in [5, 5.41) is 0.0501. The summed E-state index contributed by atoms with van der Waals surface area (Å²) in [6.45, 7) is 0.973. The van der Waals surface area contributed by atoms with E-state index in [0.29, 0.717) is 0 Å². The molecule has 0 N–H and O–H groups in total. The van der Waals surface area contributed by atoms with Crippen LogP contribution in [0.3, 0.4) is 0 Å². The Balaban J connectivity index is 1.64. The first-order chi connectivity index (χ1) is 12.4. The zero-order valence-corrected chi connectivity index (χ0v) is 15.5. The number of nitrogens with zero attached hydrogens (tertiary/aromatic N) is 2. The SMILES string of the molecule is O=C(c1ccc(F)cc1Cl)N1CCN(S(=O)(=O)Cc2ccccc2)CC1. The number of sulfonamides is 1. The van der Waals surface area contributed by atoms with E-state index in [1.54, 1.807) is 24.3 Å². The van der Waals surface area contributed by atoms with Gasteiger partial charge >= 0.3 is 0 Å². The van der Waals surface area contributed by atoms with Gasteiger partial charge in [0.15, 0.2) is 0 Å². The monoisotopic (exact) mass is 396 g/mol. The molecule has 5 nitrogen and oxygen atoms in total. The van der Waals surface area contributed by atoms with Gasteiger partial charge in [0, 0.05) is 26.2 Å². The zero-order valence-electron chi connectivity index (χ0n) is 13.9. The van der Waals surface area contributed by atoms with Crippen molar-refractivity contribution >= 4 is 27.5 Å². The highest BCUT2D eigenvalue weighted by Crippen LogP contribution is 2.21. The Bertz CT molecular complexity index is 898. The van der Waals surface area contributed by atoms with Crippen LogP contribution in [0.15, 0.2) is 48.5 Å². The van der Waals surface area contributed by atoms with Crippen molar-refractivity contribution in [3.05, 3.63) is 70.5 Å². The normalized spacial score (nSPS) is 15.8. The summed E-state index contributed by atoms with van der Waals surface area (Å²) in [6.07, 6.45) is 0. The zero-order chi connectivity index (χ0) is 18.7. The Hall–Kier alpha value is -1.96. The molecule has 1 saturated heterocycles. The average Bonchev–Trinajstić information content (AvgIpc) is 2.62. The molecule has 0 unspecified atom stereocenters. The molecule has 0 atom stereocenters. The van der Waals surface area contributed by atoms with Crippen LogP contribution in [0.25, 0.3) is 0 Å². The highest BCUT2D eigenvalue weighted by Gasteiger charge is 2.29. The molecular weight excluding hydrogens is 379 g/mol. The Morgan fingerprint density at radius 1 is 1.04 bits per heavy atom. The van der Waals surface area contributed by atoms with Gasteiger partial charge in [-0.1, -0.05) is 41.9 Å². The van der Waals surface area contributed by atoms with Gasteiger partial charge in [-0.2, -0.15) is 4.31 Å². The largest absolute Gasteiger partial charge is 0.336 e. The molecule has 1 aliphatic rings.